The molecular weight excluding hydrogens is 377 g/mol. The smallest absolute Gasteiger partial charge is 0.341 e. The van der Waals surface area contributed by atoms with Gasteiger partial charge in [-0.05, 0) is 30.7 Å². The zero-order valence-electron chi connectivity index (χ0n) is 15.6. The molecule has 0 bridgehead atoms. The fourth-order valence-electron chi connectivity index (χ4n) is 2.80. The number of carbonyl (C=O) groups is 2. The summed E-state index contributed by atoms with van der Waals surface area (Å²) in [7, 11) is 0. The Hall–Kier alpha value is -2.99. The second kappa shape index (κ2) is 8.80. The molecule has 0 fully saturated rings. The predicted molar refractivity (Wildman–Crippen MR) is 109 cm³/mol. The highest BCUT2D eigenvalue weighted by atomic mass is 32.1. The van der Waals surface area contributed by atoms with Crippen molar-refractivity contribution in [2.24, 2.45) is 0 Å². The van der Waals surface area contributed by atoms with Crippen molar-refractivity contribution in [3.05, 3.63) is 88.0 Å². The molecule has 1 amide bonds. The van der Waals surface area contributed by atoms with Gasteiger partial charge in [0.15, 0.2) is 0 Å². The van der Waals surface area contributed by atoms with E-state index in [2.05, 4.69) is 5.32 Å². The highest BCUT2D eigenvalue weighted by molar-refractivity contribution is 7.16. The molecule has 1 aromatic heterocycles. The van der Waals surface area contributed by atoms with Crippen molar-refractivity contribution in [2.45, 2.75) is 19.8 Å². The van der Waals surface area contributed by atoms with E-state index in [0.29, 0.717) is 5.00 Å². The maximum atomic E-state index is 13.9. The van der Waals surface area contributed by atoms with E-state index < -0.39 is 17.7 Å². The standard InChI is InChI=1S/C22H20FNO3S/c1-3-27-22(26)17-13-19(14(2)15-9-5-4-6-10-15)28-21(17)24-20(25)16-11-7-8-12-18(16)23/h4-14H,3H2,1-2H3,(H,24,25)/t14-/m1/s1. The number of hydrogen-bond acceptors (Lipinski definition) is 4. The van der Waals surface area contributed by atoms with Crippen molar-refractivity contribution < 1.29 is 18.7 Å². The number of benzene rings is 2. The number of esters is 1. The van der Waals surface area contributed by atoms with Crippen molar-refractivity contribution in [3.63, 3.8) is 0 Å². The van der Waals surface area contributed by atoms with Gasteiger partial charge in [0, 0.05) is 10.8 Å². The molecular formula is C22H20FNO3S. The number of amides is 1. The van der Waals surface area contributed by atoms with E-state index in [-0.39, 0.29) is 23.7 Å². The molecule has 28 heavy (non-hydrogen) atoms. The average Bonchev–Trinajstić information content (AvgIpc) is 3.12. The van der Waals surface area contributed by atoms with Crippen molar-refractivity contribution in [2.75, 3.05) is 11.9 Å². The van der Waals surface area contributed by atoms with E-state index in [1.807, 2.05) is 37.3 Å². The predicted octanol–water partition coefficient (Wildman–Crippen LogP) is 5.47. The third-order valence-corrected chi connectivity index (χ3v) is 5.55. The van der Waals surface area contributed by atoms with Gasteiger partial charge in [0.1, 0.15) is 10.8 Å². The lowest BCUT2D eigenvalue weighted by molar-refractivity contribution is 0.0528. The van der Waals surface area contributed by atoms with Crippen LogP contribution in [-0.4, -0.2) is 18.5 Å². The van der Waals surface area contributed by atoms with Crippen LogP contribution in [0.25, 0.3) is 0 Å². The van der Waals surface area contributed by atoms with Crippen LogP contribution in [0, 0.1) is 5.82 Å². The minimum Gasteiger partial charge on any atom is -0.462 e. The summed E-state index contributed by atoms with van der Waals surface area (Å²) in [6.45, 7) is 3.97. The molecule has 3 rings (SSSR count). The maximum absolute atomic E-state index is 13.9. The SMILES string of the molecule is CCOC(=O)c1cc([C@H](C)c2ccccc2)sc1NC(=O)c1ccccc1F. The first-order valence-electron chi connectivity index (χ1n) is 8.93. The number of hydrogen-bond donors (Lipinski definition) is 1. The summed E-state index contributed by atoms with van der Waals surface area (Å²) in [4.78, 5) is 25.8. The van der Waals surface area contributed by atoms with Crippen molar-refractivity contribution >= 4 is 28.2 Å². The lowest BCUT2D eigenvalue weighted by Gasteiger charge is -2.09. The molecule has 0 saturated heterocycles. The van der Waals surface area contributed by atoms with E-state index >= 15 is 0 Å². The monoisotopic (exact) mass is 397 g/mol. The molecule has 4 nitrogen and oxygen atoms in total. The number of rotatable bonds is 6. The highest BCUT2D eigenvalue weighted by Gasteiger charge is 2.23. The van der Waals surface area contributed by atoms with Gasteiger partial charge in [-0.2, -0.15) is 0 Å². The van der Waals surface area contributed by atoms with Crippen LogP contribution < -0.4 is 5.32 Å². The maximum Gasteiger partial charge on any atom is 0.341 e. The Balaban J connectivity index is 1.94. The number of carbonyl (C=O) groups excluding carboxylic acids is 2. The number of halogens is 1. The van der Waals surface area contributed by atoms with Gasteiger partial charge in [0.25, 0.3) is 5.91 Å². The molecule has 0 radical (unpaired) electrons. The van der Waals surface area contributed by atoms with Gasteiger partial charge in [-0.15, -0.1) is 11.3 Å². The van der Waals surface area contributed by atoms with E-state index in [1.165, 1.54) is 29.5 Å². The fraction of sp³-hybridized carbons (Fsp3) is 0.182. The largest absolute Gasteiger partial charge is 0.462 e. The van der Waals surface area contributed by atoms with Gasteiger partial charge >= 0.3 is 5.97 Å². The number of thiophene rings is 1. The Kier molecular flexibility index (Phi) is 6.21. The Morgan fingerprint density at radius 3 is 2.43 bits per heavy atom. The normalized spacial score (nSPS) is 11.7. The molecule has 0 aliphatic carbocycles. The summed E-state index contributed by atoms with van der Waals surface area (Å²) >= 11 is 1.29. The summed E-state index contributed by atoms with van der Waals surface area (Å²) in [5.41, 5.74) is 1.28. The first-order valence-corrected chi connectivity index (χ1v) is 9.74. The molecule has 0 aliphatic heterocycles. The third kappa shape index (κ3) is 4.28. The fourth-order valence-corrected chi connectivity index (χ4v) is 3.92. The van der Waals surface area contributed by atoms with Crippen molar-refractivity contribution in [1.29, 1.82) is 0 Å². The lowest BCUT2D eigenvalue weighted by atomic mass is 9.99. The van der Waals surface area contributed by atoms with Gasteiger partial charge in [0.2, 0.25) is 0 Å². The van der Waals surface area contributed by atoms with Crippen LogP contribution in [0.4, 0.5) is 9.39 Å². The summed E-state index contributed by atoms with van der Waals surface area (Å²) < 4.78 is 19.0. The zero-order valence-corrected chi connectivity index (χ0v) is 16.4. The lowest BCUT2D eigenvalue weighted by Crippen LogP contribution is -2.15. The molecule has 1 N–H and O–H groups in total. The average molecular weight is 397 g/mol. The summed E-state index contributed by atoms with van der Waals surface area (Å²) in [5.74, 6) is -1.72. The summed E-state index contributed by atoms with van der Waals surface area (Å²) in [6.07, 6.45) is 0. The van der Waals surface area contributed by atoms with E-state index in [1.54, 1.807) is 19.1 Å². The third-order valence-electron chi connectivity index (χ3n) is 4.32. The number of anilines is 1. The second-order valence-corrected chi connectivity index (χ2v) is 7.26. The Morgan fingerprint density at radius 1 is 1.07 bits per heavy atom. The van der Waals surface area contributed by atoms with E-state index in [4.69, 9.17) is 4.74 Å². The molecule has 3 aromatic rings. The van der Waals surface area contributed by atoms with Gasteiger partial charge in [-0.1, -0.05) is 49.4 Å². The van der Waals surface area contributed by atoms with Crippen LogP contribution in [0.2, 0.25) is 0 Å². The Bertz CT molecular complexity index is 984. The zero-order chi connectivity index (χ0) is 20.1. The molecule has 0 spiro atoms. The van der Waals surface area contributed by atoms with Crippen LogP contribution >= 0.6 is 11.3 Å². The van der Waals surface area contributed by atoms with Crippen LogP contribution in [0.15, 0.2) is 60.7 Å². The highest BCUT2D eigenvalue weighted by Crippen LogP contribution is 2.36. The molecule has 144 valence electrons. The van der Waals surface area contributed by atoms with Crippen LogP contribution in [0.1, 0.15) is 50.9 Å². The van der Waals surface area contributed by atoms with Gasteiger partial charge in [0.05, 0.1) is 17.7 Å². The molecule has 6 heteroatoms. The molecule has 1 heterocycles. The summed E-state index contributed by atoms with van der Waals surface area (Å²) in [5, 5.41) is 3.02. The molecule has 0 unspecified atom stereocenters. The Morgan fingerprint density at radius 2 is 1.75 bits per heavy atom. The van der Waals surface area contributed by atoms with Crippen LogP contribution in [0.3, 0.4) is 0 Å². The molecule has 0 aliphatic rings. The number of ether oxygens (including phenoxy) is 1. The second-order valence-electron chi connectivity index (χ2n) is 6.18. The van der Waals surface area contributed by atoms with Crippen molar-refractivity contribution in [1.82, 2.24) is 0 Å². The first kappa shape index (κ1) is 19.8. The molecule has 2 aromatic carbocycles. The first-order chi connectivity index (χ1) is 13.5. The van der Waals surface area contributed by atoms with Gasteiger partial charge < -0.3 is 10.1 Å². The van der Waals surface area contributed by atoms with Gasteiger partial charge in [-0.25, -0.2) is 9.18 Å². The molecule has 1 atom stereocenters. The topological polar surface area (TPSA) is 55.4 Å². The minimum atomic E-state index is -0.618. The number of nitrogens with one attached hydrogen (secondary N) is 1. The van der Waals surface area contributed by atoms with Crippen molar-refractivity contribution in [3.8, 4) is 0 Å². The summed E-state index contributed by atoms with van der Waals surface area (Å²) in [6, 6.07) is 17.3. The van der Waals surface area contributed by atoms with Gasteiger partial charge in [-0.3, -0.25) is 4.79 Å². The quantitative estimate of drug-likeness (QED) is 0.561. The molecule has 0 saturated carbocycles. The minimum absolute atomic E-state index is 0.0264. The van der Waals surface area contributed by atoms with E-state index in [0.717, 1.165) is 10.4 Å². The van der Waals surface area contributed by atoms with Crippen LogP contribution in [-0.2, 0) is 4.74 Å². The van der Waals surface area contributed by atoms with Crippen LogP contribution in [0.5, 0.6) is 0 Å². The van der Waals surface area contributed by atoms with E-state index in [9.17, 15) is 14.0 Å². The Labute approximate surface area is 167 Å².